The van der Waals surface area contributed by atoms with Crippen LogP contribution in [0, 0.1) is 11.8 Å². The molecule has 0 amide bonds. The molecule has 1 aromatic rings. The zero-order chi connectivity index (χ0) is 13.2. The summed E-state index contributed by atoms with van der Waals surface area (Å²) in [5.41, 5.74) is 0. The zero-order valence-corrected chi connectivity index (χ0v) is 13.6. The van der Waals surface area contributed by atoms with Crippen molar-refractivity contribution >= 4 is 37.3 Å². The van der Waals surface area contributed by atoms with Crippen molar-refractivity contribution in [2.24, 2.45) is 11.8 Å². The maximum atomic E-state index is 12.1. The van der Waals surface area contributed by atoms with Crippen molar-refractivity contribution in [1.29, 1.82) is 0 Å². The molecule has 102 valence electrons. The molecule has 2 atom stereocenters. The molecular formula is C12H18BrNO2S2. The third kappa shape index (κ3) is 3.35. The molecule has 0 spiro atoms. The maximum absolute atomic E-state index is 12.1. The molecule has 6 heteroatoms. The predicted molar refractivity (Wildman–Crippen MR) is 78.3 cm³/mol. The summed E-state index contributed by atoms with van der Waals surface area (Å²) in [5, 5.41) is 1.78. The highest BCUT2D eigenvalue weighted by molar-refractivity contribution is 9.10. The van der Waals surface area contributed by atoms with Crippen LogP contribution < -0.4 is 4.72 Å². The molecule has 2 unspecified atom stereocenters. The number of thiophene rings is 1. The van der Waals surface area contributed by atoms with Crippen molar-refractivity contribution in [1.82, 2.24) is 4.72 Å². The Morgan fingerprint density at radius 2 is 2.17 bits per heavy atom. The average Bonchev–Trinajstić information content (AvgIpc) is 2.75. The Morgan fingerprint density at radius 1 is 1.44 bits per heavy atom. The largest absolute Gasteiger partial charge is 0.251 e. The van der Waals surface area contributed by atoms with Gasteiger partial charge in [-0.1, -0.05) is 26.2 Å². The zero-order valence-electron chi connectivity index (χ0n) is 10.4. The van der Waals surface area contributed by atoms with Gasteiger partial charge in [-0.15, -0.1) is 11.3 Å². The van der Waals surface area contributed by atoms with Crippen LogP contribution in [0.5, 0.6) is 0 Å². The van der Waals surface area contributed by atoms with E-state index in [1.165, 1.54) is 30.6 Å². The Hall–Kier alpha value is 0.0900. The summed E-state index contributed by atoms with van der Waals surface area (Å²) in [6.07, 6.45) is 4.85. The molecule has 1 saturated carbocycles. The van der Waals surface area contributed by atoms with Crippen LogP contribution in [0.3, 0.4) is 0 Å². The van der Waals surface area contributed by atoms with E-state index in [9.17, 15) is 8.42 Å². The maximum Gasteiger partial charge on any atom is 0.251 e. The fourth-order valence-corrected chi connectivity index (χ4v) is 5.92. The molecular weight excluding hydrogens is 334 g/mol. The lowest BCUT2D eigenvalue weighted by molar-refractivity contribution is 0.257. The van der Waals surface area contributed by atoms with Crippen LogP contribution in [-0.2, 0) is 10.0 Å². The van der Waals surface area contributed by atoms with Crippen LogP contribution in [0.4, 0.5) is 0 Å². The molecule has 0 bridgehead atoms. The van der Waals surface area contributed by atoms with Gasteiger partial charge in [0.15, 0.2) is 0 Å². The van der Waals surface area contributed by atoms with Gasteiger partial charge < -0.3 is 0 Å². The molecule has 18 heavy (non-hydrogen) atoms. The second-order valence-electron chi connectivity index (χ2n) is 4.93. The molecule has 2 rings (SSSR count). The number of halogens is 1. The monoisotopic (exact) mass is 351 g/mol. The van der Waals surface area contributed by atoms with E-state index in [0.29, 0.717) is 27.1 Å². The van der Waals surface area contributed by atoms with Gasteiger partial charge in [0, 0.05) is 11.0 Å². The minimum absolute atomic E-state index is 0.381. The van der Waals surface area contributed by atoms with Gasteiger partial charge in [-0.3, -0.25) is 0 Å². The summed E-state index contributed by atoms with van der Waals surface area (Å²) >= 11 is 4.52. The van der Waals surface area contributed by atoms with Gasteiger partial charge in [-0.2, -0.15) is 0 Å². The summed E-state index contributed by atoms with van der Waals surface area (Å²) in [6, 6.07) is 1.77. The van der Waals surface area contributed by atoms with Crippen molar-refractivity contribution in [2.75, 3.05) is 6.54 Å². The first kappa shape index (κ1) is 14.5. The summed E-state index contributed by atoms with van der Waals surface area (Å²) in [5.74, 6) is 1.10. The van der Waals surface area contributed by atoms with Gasteiger partial charge in [-0.05, 0) is 45.6 Å². The third-order valence-corrected chi connectivity index (χ3v) is 7.75. The van der Waals surface area contributed by atoms with E-state index in [1.807, 2.05) is 0 Å². The Labute approximate surface area is 121 Å². The molecule has 0 saturated heterocycles. The SMILES string of the molecule is CC1CCCCC1CNS(=O)(=O)c1sccc1Br. The smallest absolute Gasteiger partial charge is 0.210 e. The van der Waals surface area contributed by atoms with Crippen LogP contribution in [0.2, 0.25) is 0 Å². The van der Waals surface area contributed by atoms with Crippen molar-refractivity contribution in [3.63, 3.8) is 0 Å². The van der Waals surface area contributed by atoms with Crippen LogP contribution in [0.15, 0.2) is 20.1 Å². The van der Waals surface area contributed by atoms with Gasteiger partial charge in [0.1, 0.15) is 4.21 Å². The lowest BCUT2D eigenvalue weighted by atomic mass is 9.81. The highest BCUT2D eigenvalue weighted by atomic mass is 79.9. The van der Waals surface area contributed by atoms with E-state index in [0.717, 1.165) is 6.42 Å². The molecule has 1 N–H and O–H groups in total. The van der Waals surface area contributed by atoms with E-state index in [2.05, 4.69) is 27.6 Å². The summed E-state index contributed by atoms with van der Waals surface area (Å²) in [6.45, 7) is 2.78. The van der Waals surface area contributed by atoms with E-state index in [-0.39, 0.29) is 0 Å². The van der Waals surface area contributed by atoms with Gasteiger partial charge in [0.05, 0.1) is 0 Å². The number of hydrogen-bond donors (Lipinski definition) is 1. The molecule has 3 nitrogen and oxygen atoms in total. The van der Waals surface area contributed by atoms with E-state index >= 15 is 0 Å². The molecule has 1 fully saturated rings. The molecule has 0 aliphatic heterocycles. The Balaban J connectivity index is 1.99. The normalized spacial score (nSPS) is 25.2. The molecule has 1 aromatic heterocycles. The fraction of sp³-hybridized carbons (Fsp3) is 0.667. The van der Waals surface area contributed by atoms with Gasteiger partial charge in [-0.25, -0.2) is 13.1 Å². The van der Waals surface area contributed by atoms with E-state index in [4.69, 9.17) is 0 Å². The molecule has 1 aliphatic rings. The second-order valence-corrected chi connectivity index (χ2v) is 8.66. The molecule has 1 aliphatic carbocycles. The van der Waals surface area contributed by atoms with Crippen molar-refractivity contribution in [2.45, 2.75) is 36.8 Å². The van der Waals surface area contributed by atoms with Gasteiger partial charge >= 0.3 is 0 Å². The van der Waals surface area contributed by atoms with E-state index < -0.39 is 10.0 Å². The van der Waals surface area contributed by atoms with Gasteiger partial charge in [0.25, 0.3) is 10.0 Å². The Morgan fingerprint density at radius 3 is 2.78 bits per heavy atom. The number of sulfonamides is 1. The standard InChI is InChI=1S/C12H18BrNO2S2/c1-9-4-2-3-5-10(9)8-14-18(15,16)12-11(13)6-7-17-12/h6-7,9-10,14H,2-5,8H2,1H3. The first-order chi connectivity index (χ1) is 8.50. The number of rotatable bonds is 4. The summed E-state index contributed by atoms with van der Waals surface area (Å²) < 4.78 is 28.1. The van der Waals surface area contributed by atoms with Crippen LogP contribution >= 0.6 is 27.3 Å². The third-order valence-electron chi connectivity index (χ3n) is 3.65. The lowest BCUT2D eigenvalue weighted by Gasteiger charge is -2.28. The van der Waals surface area contributed by atoms with Crippen molar-refractivity contribution in [3.05, 3.63) is 15.9 Å². The lowest BCUT2D eigenvalue weighted by Crippen LogP contribution is -2.33. The first-order valence-corrected chi connectivity index (χ1v) is 9.39. The van der Waals surface area contributed by atoms with Crippen molar-refractivity contribution in [3.8, 4) is 0 Å². The van der Waals surface area contributed by atoms with Crippen LogP contribution in [0.1, 0.15) is 32.6 Å². The summed E-state index contributed by atoms with van der Waals surface area (Å²) in [4.78, 5) is 0. The molecule has 1 heterocycles. The van der Waals surface area contributed by atoms with Crippen molar-refractivity contribution < 1.29 is 8.42 Å². The number of nitrogens with one attached hydrogen (secondary N) is 1. The van der Waals surface area contributed by atoms with Crippen LogP contribution in [0.25, 0.3) is 0 Å². The Kier molecular flexibility index (Phi) is 4.86. The highest BCUT2D eigenvalue weighted by Crippen LogP contribution is 2.30. The summed E-state index contributed by atoms with van der Waals surface area (Å²) in [7, 11) is -3.35. The minimum Gasteiger partial charge on any atom is -0.210 e. The topological polar surface area (TPSA) is 46.2 Å². The highest BCUT2D eigenvalue weighted by Gasteiger charge is 2.25. The molecule has 0 aromatic carbocycles. The van der Waals surface area contributed by atoms with Gasteiger partial charge in [0.2, 0.25) is 0 Å². The minimum atomic E-state index is -3.35. The predicted octanol–water partition coefficient (Wildman–Crippen LogP) is 3.62. The first-order valence-electron chi connectivity index (χ1n) is 6.23. The molecule has 0 radical (unpaired) electrons. The quantitative estimate of drug-likeness (QED) is 0.900. The van der Waals surface area contributed by atoms with Crippen LogP contribution in [-0.4, -0.2) is 15.0 Å². The second kappa shape index (κ2) is 6.03. The average molecular weight is 352 g/mol. The fourth-order valence-electron chi connectivity index (χ4n) is 2.45. The van der Waals surface area contributed by atoms with E-state index in [1.54, 1.807) is 11.4 Å². The Bertz CT molecular complexity index is 498. The number of hydrogen-bond acceptors (Lipinski definition) is 3.